The third kappa shape index (κ3) is 6.33. The van der Waals surface area contributed by atoms with Gasteiger partial charge in [0, 0.05) is 35.7 Å². The third-order valence-electron chi connectivity index (χ3n) is 6.90. The van der Waals surface area contributed by atoms with Crippen LogP contribution in [0, 0.1) is 13.8 Å². The van der Waals surface area contributed by atoms with E-state index in [1.165, 1.54) is 16.5 Å². The zero-order valence-corrected chi connectivity index (χ0v) is 24.8. The first-order chi connectivity index (χ1) is 21.1. The number of tetrazole rings is 2. The summed E-state index contributed by atoms with van der Waals surface area (Å²) in [6.07, 6.45) is 3.15. The average molecular weight is 594 g/mol. The smallest absolute Gasteiger partial charge is 0.224 e. The number of aromatic hydroxyl groups is 2. The van der Waals surface area contributed by atoms with Crippen molar-refractivity contribution < 1.29 is 15.0 Å². The van der Waals surface area contributed by atoms with E-state index in [-0.39, 0.29) is 23.4 Å². The van der Waals surface area contributed by atoms with Gasteiger partial charge in [-0.15, -0.1) is 19.8 Å². The number of nitrogens with zero attached hydrogens (tertiary/aromatic N) is 11. The highest BCUT2D eigenvalue weighted by Crippen LogP contribution is 2.42. The average Bonchev–Trinajstić information content (AvgIpc) is 3.60. The van der Waals surface area contributed by atoms with Crippen molar-refractivity contribution in [2.75, 3.05) is 4.90 Å². The molecule has 0 aliphatic heterocycles. The molecule has 5 aromatic rings. The molecule has 0 saturated heterocycles. The first-order valence-corrected chi connectivity index (χ1v) is 13.8. The van der Waals surface area contributed by atoms with Gasteiger partial charge in [-0.1, -0.05) is 12.1 Å². The van der Waals surface area contributed by atoms with Crippen molar-refractivity contribution in [2.45, 2.75) is 46.6 Å². The number of carbonyl (C=O) groups excluding carboxylic acids is 1. The molecule has 0 saturated carbocycles. The number of carbonyl (C=O) groups is 1. The van der Waals surface area contributed by atoms with Gasteiger partial charge < -0.3 is 15.1 Å². The summed E-state index contributed by atoms with van der Waals surface area (Å²) in [4.78, 5) is 16.8. The zero-order valence-electron chi connectivity index (χ0n) is 24.8. The number of hydrogen-bond donors (Lipinski definition) is 2. The quantitative estimate of drug-likeness (QED) is 0.192. The van der Waals surface area contributed by atoms with Crippen molar-refractivity contribution in [3.63, 3.8) is 0 Å². The van der Waals surface area contributed by atoms with Crippen molar-refractivity contribution >= 4 is 24.0 Å². The molecule has 0 atom stereocenters. The molecular weight excluding hydrogens is 562 g/mol. The van der Waals surface area contributed by atoms with Crippen LogP contribution in [0.3, 0.4) is 0 Å². The molecule has 14 nitrogen and oxygen atoms in total. The highest BCUT2D eigenvalue weighted by atomic mass is 16.3. The summed E-state index contributed by atoms with van der Waals surface area (Å²) in [5.41, 5.74) is 3.74. The minimum atomic E-state index is -0.665. The first kappa shape index (κ1) is 29.7. The number of hydrogen-bond acceptors (Lipinski definition) is 11. The molecule has 0 aliphatic carbocycles. The van der Waals surface area contributed by atoms with Crippen LogP contribution in [0.2, 0.25) is 0 Å². The standard InChI is InChI=1S/C30H31N11O3/c1-18(2)39(21(5)42)25-8-6-7-24(15-25)30(26-13-22(9-11-28(26)43)16-31-40-19(3)33-35-37-40)27-14-23(10-12-29(27)44)17-32-41-20(4)34-36-38-41/h6-18,30,43-44H,1-5H3/b31-16+,32-17+. The lowest BCUT2D eigenvalue weighted by Crippen LogP contribution is -2.35. The van der Waals surface area contributed by atoms with E-state index in [9.17, 15) is 15.0 Å². The minimum absolute atomic E-state index is 0.00576. The van der Waals surface area contributed by atoms with E-state index in [1.54, 1.807) is 67.6 Å². The molecule has 5 rings (SSSR count). The summed E-state index contributed by atoms with van der Waals surface area (Å²) in [5, 5.41) is 53.6. The normalized spacial score (nSPS) is 11.8. The number of aromatic nitrogens is 8. The van der Waals surface area contributed by atoms with Crippen LogP contribution in [0.1, 0.15) is 66.2 Å². The number of anilines is 1. The fourth-order valence-electron chi connectivity index (χ4n) is 4.90. The Morgan fingerprint density at radius 1 is 0.818 bits per heavy atom. The van der Waals surface area contributed by atoms with Crippen LogP contribution in [0.15, 0.2) is 70.9 Å². The second-order valence-corrected chi connectivity index (χ2v) is 10.4. The van der Waals surface area contributed by atoms with E-state index in [1.807, 2.05) is 38.1 Å². The van der Waals surface area contributed by atoms with Crippen LogP contribution < -0.4 is 4.90 Å². The van der Waals surface area contributed by atoms with Crippen LogP contribution in [0.5, 0.6) is 11.5 Å². The van der Waals surface area contributed by atoms with E-state index in [0.29, 0.717) is 39.6 Å². The number of benzene rings is 3. The van der Waals surface area contributed by atoms with Gasteiger partial charge in [0.2, 0.25) is 5.91 Å². The van der Waals surface area contributed by atoms with Crippen molar-refractivity contribution in [3.05, 3.63) is 100 Å². The number of phenols is 2. The summed E-state index contributed by atoms with van der Waals surface area (Å²) >= 11 is 0. The molecule has 44 heavy (non-hydrogen) atoms. The number of aryl methyl sites for hydroxylation is 2. The molecule has 0 fully saturated rings. The molecule has 0 radical (unpaired) electrons. The predicted octanol–water partition coefficient (Wildman–Crippen LogP) is 3.39. The minimum Gasteiger partial charge on any atom is -0.508 e. The molecule has 0 spiro atoms. The largest absolute Gasteiger partial charge is 0.508 e. The Balaban J connectivity index is 1.67. The Labute approximate surface area is 253 Å². The van der Waals surface area contributed by atoms with E-state index >= 15 is 0 Å². The van der Waals surface area contributed by atoms with E-state index in [4.69, 9.17) is 0 Å². The Bertz CT molecular complexity index is 1760. The zero-order chi connectivity index (χ0) is 31.4. The summed E-state index contributed by atoms with van der Waals surface area (Å²) in [5.74, 6) is 0.261. The van der Waals surface area contributed by atoms with Crippen LogP contribution in [-0.4, -0.2) is 75.2 Å². The molecule has 3 aromatic carbocycles. The maximum atomic E-state index is 12.6. The van der Waals surface area contributed by atoms with Crippen molar-refractivity contribution in [2.24, 2.45) is 10.2 Å². The second-order valence-electron chi connectivity index (χ2n) is 10.4. The Hall–Kier alpha value is -5.79. The summed E-state index contributed by atoms with van der Waals surface area (Å²) in [6, 6.07) is 17.5. The van der Waals surface area contributed by atoms with Gasteiger partial charge in [0.25, 0.3) is 0 Å². The Kier molecular flexibility index (Phi) is 8.51. The fourth-order valence-corrected chi connectivity index (χ4v) is 4.90. The summed E-state index contributed by atoms with van der Waals surface area (Å²) < 4.78 is 0. The van der Waals surface area contributed by atoms with E-state index in [2.05, 4.69) is 41.3 Å². The monoisotopic (exact) mass is 593 g/mol. The lowest BCUT2D eigenvalue weighted by Gasteiger charge is -2.28. The second kappa shape index (κ2) is 12.6. The summed E-state index contributed by atoms with van der Waals surface area (Å²) in [6.45, 7) is 8.85. The Morgan fingerprint density at radius 3 is 1.77 bits per heavy atom. The number of phenolic OH excluding ortho intramolecular Hbond substituents is 2. The lowest BCUT2D eigenvalue weighted by molar-refractivity contribution is -0.116. The fraction of sp³-hybridized carbons (Fsp3) is 0.233. The van der Waals surface area contributed by atoms with E-state index < -0.39 is 5.92 Å². The van der Waals surface area contributed by atoms with Gasteiger partial charge >= 0.3 is 0 Å². The first-order valence-electron chi connectivity index (χ1n) is 13.8. The SMILES string of the molecule is CC(=O)N(c1cccc(C(c2cc(/C=N/n3nnnc3C)ccc2O)c2cc(/C=N/n3nnnc3C)ccc2O)c1)C(C)C. The van der Waals surface area contributed by atoms with Gasteiger partial charge in [-0.3, -0.25) is 4.79 Å². The van der Waals surface area contributed by atoms with Gasteiger partial charge in [-0.25, -0.2) is 0 Å². The van der Waals surface area contributed by atoms with Crippen molar-refractivity contribution in [1.29, 1.82) is 0 Å². The van der Waals surface area contributed by atoms with Gasteiger partial charge in [-0.05, 0) is 114 Å². The molecule has 2 N–H and O–H groups in total. The third-order valence-corrected chi connectivity index (χ3v) is 6.90. The molecule has 14 heteroatoms. The maximum absolute atomic E-state index is 12.6. The summed E-state index contributed by atoms with van der Waals surface area (Å²) in [7, 11) is 0. The van der Waals surface area contributed by atoms with E-state index in [0.717, 1.165) is 5.56 Å². The maximum Gasteiger partial charge on any atom is 0.224 e. The molecule has 224 valence electrons. The molecule has 0 bridgehead atoms. The number of amides is 1. The molecule has 2 aromatic heterocycles. The molecular formula is C30H31N11O3. The van der Waals surface area contributed by atoms with Gasteiger partial charge in [-0.2, -0.15) is 10.2 Å². The van der Waals surface area contributed by atoms with Crippen LogP contribution >= 0.6 is 0 Å². The van der Waals surface area contributed by atoms with Crippen molar-refractivity contribution in [3.8, 4) is 11.5 Å². The van der Waals surface area contributed by atoms with Crippen LogP contribution in [0.4, 0.5) is 5.69 Å². The van der Waals surface area contributed by atoms with Crippen LogP contribution in [0.25, 0.3) is 0 Å². The molecule has 0 unspecified atom stereocenters. The topological polar surface area (TPSA) is 173 Å². The highest BCUT2D eigenvalue weighted by Gasteiger charge is 2.25. The Morgan fingerprint density at radius 2 is 1.34 bits per heavy atom. The van der Waals surface area contributed by atoms with Gasteiger partial charge in [0.05, 0.1) is 12.4 Å². The number of rotatable bonds is 9. The van der Waals surface area contributed by atoms with Crippen LogP contribution in [-0.2, 0) is 4.79 Å². The van der Waals surface area contributed by atoms with Crippen molar-refractivity contribution in [1.82, 2.24) is 40.6 Å². The lowest BCUT2D eigenvalue weighted by atomic mass is 9.82. The molecule has 1 amide bonds. The predicted molar refractivity (Wildman–Crippen MR) is 163 cm³/mol. The highest BCUT2D eigenvalue weighted by molar-refractivity contribution is 5.92. The molecule has 2 heterocycles. The molecule has 0 aliphatic rings. The van der Waals surface area contributed by atoms with Gasteiger partial charge in [0.15, 0.2) is 11.6 Å². The van der Waals surface area contributed by atoms with Gasteiger partial charge in [0.1, 0.15) is 11.5 Å².